The third-order valence-corrected chi connectivity index (χ3v) is 2.90. The molecule has 0 amide bonds. The van der Waals surface area contributed by atoms with Crippen LogP contribution in [0.1, 0.15) is 23.9 Å². The number of hydrogen-bond acceptors (Lipinski definition) is 5. The number of aliphatic imine (C=N–C) groups is 1. The van der Waals surface area contributed by atoms with Crippen molar-refractivity contribution in [2.45, 2.75) is 26.2 Å². The van der Waals surface area contributed by atoms with E-state index >= 15 is 0 Å². The average Bonchev–Trinajstić information content (AvgIpc) is 3.13. The molecule has 0 aromatic carbocycles. The Morgan fingerprint density at radius 2 is 2.09 bits per heavy atom. The van der Waals surface area contributed by atoms with Gasteiger partial charge in [0.25, 0.3) is 0 Å². The van der Waals surface area contributed by atoms with E-state index in [-0.39, 0.29) is 24.0 Å². The molecule has 0 bridgehead atoms. The Morgan fingerprint density at radius 3 is 2.73 bits per heavy atom. The van der Waals surface area contributed by atoms with E-state index in [9.17, 15) is 0 Å². The Bertz CT molecular complexity index is 553. The number of nitrogens with one attached hydrogen (secondary N) is 2. The lowest BCUT2D eigenvalue weighted by molar-refractivity contribution is 0.372. The maximum atomic E-state index is 5.27. The summed E-state index contributed by atoms with van der Waals surface area (Å²) in [4.78, 5) is 8.33. The minimum atomic E-state index is 0. The van der Waals surface area contributed by atoms with Crippen LogP contribution in [0.2, 0.25) is 0 Å². The van der Waals surface area contributed by atoms with Gasteiger partial charge in [-0.2, -0.15) is 4.98 Å². The number of aromatic nitrogens is 2. The normalized spacial score (nSPS) is 11.1. The van der Waals surface area contributed by atoms with Gasteiger partial charge in [-0.15, -0.1) is 24.0 Å². The lowest BCUT2D eigenvalue weighted by atomic mass is 10.3. The Hall–Kier alpha value is -1.58. The molecular weight excluding hydrogens is 397 g/mol. The third kappa shape index (κ3) is 6.46. The second-order valence-corrected chi connectivity index (χ2v) is 4.59. The molecule has 0 fully saturated rings. The topological polar surface area (TPSA) is 88.5 Å². The van der Waals surface area contributed by atoms with Crippen LogP contribution in [-0.2, 0) is 12.8 Å². The van der Waals surface area contributed by atoms with Crippen molar-refractivity contribution in [1.82, 2.24) is 20.8 Å². The summed E-state index contributed by atoms with van der Waals surface area (Å²) in [6, 6.07) is 3.85. The highest BCUT2D eigenvalue weighted by Gasteiger charge is 2.03. The molecule has 8 heteroatoms. The van der Waals surface area contributed by atoms with Crippen molar-refractivity contribution >= 4 is 29.9 Å². The standard InChI is InChI=1S/C14H21N5O2.HI/c1-11-18-13(21-19-11)6-3-8-16-14(15-2)17-9-7-12-5-4-10-20-12;/h4-5,10H,3,6-9H2,1-2H3,(H2,15,16,17);1H. The summed E-state index contributed by atoms with van der Waals surface area (Å²) in [6.45, 7) is 3.38. The van der Waals surface area contributed by atoms with E-state index in [4.69, 9.17) is 8.94 Å². The van der Waals surface area contributed by atoms with Crippen molar-refractivity contribution in [2.24, 2.45) is 4.99 Å². The van der Waals surface area contributed by atoms with Gasteiger partial charge in [-0.05, 0) is 25.5 Å². The fraction of sp³-hybridized carbons (Fsp3) is 0.500. The van der Waals surface area contributed by atoms with Crippen LogP contribution >= 0.6 is 24.0 Å². The lowest BCUT2D eigenvalue weighted by Gasteiger charge is -2.10. The number of rotatable bonds is 7. The predicted octanol–water partition coefficient (Wildman–Crippen LogP) is 1.93. The molecule has 0 aliphatic carbocycles. The molecule has 22 heavy (non-hydrogen) atoms. The third-order valence-electron chi connectivity index (χ3n) is 2.90. The van der Waals surface area contributed by atoms with Crippen LogP contribution in [0.3, 0.4) is 0 Å². The number of nitrogens with zero attached hydrogens (tertiary/aromatic N) is 3. The number of halogens is 1. The van der Waals surface area contributed by atoms with E-state index in [1.54, 1.807) is 13.3 Å². The first-order valence-electron chi connectivity index (χ1n) is 7.04. The van der Waals surface area contributed by atoms with Gasteiger partial charge < -0.3 is 19.6 Å². The van der Waals surface area contributed by atoms with Crippen LogP contribution in [0.15, 0.2) is 32.3 Å². The molecule has 122 valence electrons. The van der Waals surface area contributed by atoms with Crippen molar-refractivity contribution in [2.75, 3.05) is 20.1 Å². The first-order valence-corrected chi connectivity index (χ1v) is 7.04. The summed E-state index contributed by atoms with van der Waals surface area (Å²) < 4.78 is 10.3. The minimum absolute atomic E-state index is 0. The second-order valence-electron chi connectivity index (χ2n) is 4.59. The fourth-order valence-corrected chi connectivity index (χ4v) is 1.87. The molecule has 0 radical (unpaired) electrons. The van der Waals surface area contributed by atoms with Crippen molar-refractivity contribution in [3.63, 3.8) is 0 Å². The first kappa shape index (κ1) is 18.5. The molecule has 0 spiro atoms. The Balaban J connectivity index is 0.00000242. The van der Waals surface area contributed by atoms with Crippen LogP contribution in [0.4, 0.5) is 0 Å². The largest absolute Gasteiger partial charge is 0.469 e. The van der Waals surface area contributed by atoms with Gasteiger partial charge in [0.05, 0.1) is 6.26 Å². The summed E-state index contributed by atoms with van der Waals surface area (Å²) in [5.74, 6) is 3.09. The van der Waals surface area contributed by atoms with E-state index in [0.29, 0.717) is 11.7 Å². The zero-order valence-corrected chi connectivity index (χ0v) is 15.2. The Kier molecular flexibility index (Phi) is 8.56. The molecule has 0 aliphatic heterocycles. The van der Waals surface area contributed by atoms with Gasteiger partial charge in [0.1, 0.15) is 5.76 Å². The average molecular weight is 419 g/mol. The Labute approximate surface area is 147 Å². The fourth-order valence-electron chi connectivity index (χ4n) is 1.87. The van der Waals surface area contributed by atoms with Crippen LogP contribution in [0.25, 0.3) is 0 Å². The summed E-state index contributed by atoms with van der Waals surface area (Å²) in [5, 5.41) is 10.2. The SMILES string of the molecule is CN=C(NCCCc1nc(C)no1)NCCc1ccco1.I. The molecule has 2 aromatic heterocycles. The lowest BCUT2D eigenvalue weighted by Crippen LogP contribution is -2.38. The van der Waals surface area contributed by atoms with E-state index < -0.39 is 0 Å². The highest BCUT2D eigenvalue weighted by molar-refractivity contribution is 14.0. The first-order chi connectivity index (χ1) is 10.3. The number of guanidine groups is 1. The van der Waals surface area contributed by atoms with Crippen molar-refractivity contribution in [1.29, 1.82) is 0 Å². The molecule has 0 aliphatic rings. The summed E-state index contributed by atoms with van der Waals surface area (Å²) >= 11 is 0. The molecular formula is C14H22IN5O2. The Morgan fingerprint density at radius 1 is 1.27 bits per heavy atom. The van der Waals surface area contributed by atoms with Gasteiger partial charge in [-0.3, -0.25) is 4.99 Å². The summed E-state index contributed by atoms with van der Waals surface area (Å²) in [5.41, 5.74) is 0. The van der Waals surface area contributed by atoms with Crippen LogP contribution in [0.5, 0.6) is 0 Å². The zero-order chi connectivity index (χ0) is 14.9. The quantitative estimate of drug-likeness (QED) is 0.309. The highest BCUT2D eigenvalue weighted by atomic mass is 127. The monoisotopic (exact) mass is 419 g/mol. The zero-order valence-electron chi connectivity index (χ0n) is 12.8. The number of aryl methyl sites for hydroxylation is 2. The van der Waals surface area contributed by atoms with Gasteiger partial charge in [-0.25, -0.2) is 0 Å². The molecule has 2 N–H and O–H groups in total. The summed E-state index contributed by atoms with van der Waals surface area (Å²) in [7, 11) is 1.75. The van der Waals surface area contributed by atoms with Gasteiger partial charge in [-0.1, -0.05) is 5.16 Å². The van der Waals surface area contributed by atoms with Gasteiger partial charge >= 0.3 is 0 Å². The molecule has 0 unspecified atom stereocenters. The van der Waals surface area contributed by atoms with Gasteiger partial charge in [0.15, 0.2) is 11.8 Å². The maximum Gasteiger partial charge on any atom is 0.226 e. The molecule has 2 aromatic rings. The van der Waals surface area contributed by atoms with E-state index in [0.717, 1.165) is 44.1 Å². The maximum absolute atomic E-state index is 5.27. The van der Waals surface area contributed by atoms with Crippen molar-refractivity contribution in [3.05, 3.63) is 35.9 Å². The number of hydrogen-bond donors (Lipinski definition) is 2. The molecule has 2 heterocycles. The van der Waals surface area contributed by atoms with Crippen molar-refractivity contribution < 1.29 is 8.94 Å². The van der Waals surface area contributed by atoms with E-state index in [2.05, 4.69) is 25.8 Å². The second kappa shape index (κ2) is 10.2. The van der Waals surface area contributed by atoms with Gasteiger partial charge in [0.2, 0.25) is 5.89 Å². The van der Waals surface area contributed by atoms with E-state index in [1.807, 2.05) is 19.1 Å². The summed E-state index contributed by atoms with van der Waals surface area (Å²) in [6.07, 6.45) is 4.17. The predicted molar refractivity (Wildman–Crippen MR) is 94.5 cm³/mol. The smallest absolute Gasteiger partial charge is 0.226 e. The molecule has 2 rings (SSSR count). The van der Waals surface area contributed by atoms with Crippen LogP contribution in [0, 0.1) is 6.92 Å². The molecule has 0 saturated carbocycles. The van der Waals surface area contributed by atoms with Crippen LogP contribution < -0.4 is 10.6 Å². The number of furan rings is 1. The van der Waals surface area contributed by atoms with Crippen molar-refractivity contribution in [3.8, 4) is 0 Å². The minimum Gasteiger partial charge on any atom is -0.469 e. The molecule has 7 nitrogen and oxygen atoms in total. The van der Waals surface area contributed by atoms with Gasteiger partial charge in [0, 0.05) is 33.0 Å². The van der Waals surface area contributed by atoms with Crippen LogP contribution in [-0.4, -0.2) is 36.2 Å². The van der Waals surface area contributed by atoms with E-state index in [1.165, 1.54) is 0 Å². The molecule has 0 saturated heterocycles. The highest BCUT2D eigenvalue weighted by Crippen LogP contribution is 2.00. The molecule has 0 atom stereocenters.